The van der Waals surface area contributed by atoms with Gasteiger partial charge in [0.1, 0.15) is 4.60 Å². The molecule has 1 aliphatic heterocycles. The van der Waals surface area contributed by atoms with E-state index < -0.39 is 32.1 Å². The number of nitrogens with zero attached hydrogens (tertiary/aromatic N) is 2. The number of anilines is 1. The Hall–Kier alpha value is -0.570. The zero-order valence-corrected chi connectivity index (χ0v) is 8.09. The largest absolute Gasteiger partial charge is 0.371 e. The SMILES string of the molecule is [2H]C1([2H])N(c2ccnc(Br)c2)C([2H])([2H])C([2H])([2H])C([2H])([2H])C1([2H])[2H]. The molecule has 3 heteroatoms. The van der Waals surface area contributed by atoms with Crippen molar-refractivity contribution in [1.29, 1.82) is 0 Å². The van der Waals surface area contributed by atoms with Crippen LogP contribution in [0.15, 0.2) is 22.9 Å². The van der Waals surface area contributed by atoms with Gasteiger partial charge in [-0.15, -0.1) is 0 Å². The van der Waals surface area contributed by atoms with Crippen molar-refractivity contribution in [2.75, 3.05) is 17.9 Å². The Morgan fingerprint density at radius 2 is 2.15 bits per heavy atom. The van der Waals surface area contributed by atoms with E-state index in [1.807, 2.05) is 0 Å². The molecule has 1 aromatic rings. The van der Waals surface area contributed by atoms with Crippen LogP contribution in [0.4, 0.5) is 5.69 Å². The Kier molecular flexibility index (Phi) is 0.931. The first kappa shape index (κ1) is 2.96. The Morgan fingerprint density at radius 1 is 1.38 bits per heavy atom. The van der Waals surface area contributed by atoms with E-state index in [0.29, 0.717) is 4.90 Å². The summed E-state index contributed by atoms with van der Waals surface area (Å²) in [5.41, 5.74) is -0.162. The zero-order chi connectivity index (χ0) is 18.1. The maximum Gasteiger partial charge on any atom is 0.108 e. The second kappa shape index (κ2) is 4.09. The highest BCUT2D eigenvalue weighted by atomic mass is 79.9. The Morgan fingerprint density at radius 3 is 2.85 bits per heavy atom. The Bertz CT molecular complexity index is 602. The van der Waals surface area contributed by atoms with Crippen LogP contribution in [0.5, 0.6) is 0 Å². The number of pyridine rings is 1. The van der Waals surface area contributed by atoms with E-state index in [2.05, 4.69) is 20.9 Å². The molecule has 0 amide bonds. The lowest BCUT2D eigenvalue weighted by molar-refractivity contribution is 0.577. The van der Waals surface area contributed by atoms with Crippen LogP contribution in [0.1, 0.15) is 32.8 Å². The second-order valence-electron chi connectivity index (χ2n) is 2.27. The van der Waals surface area contributed by atoms with Gasteiger partial charge in [-0.05, 0) is 47.2 Å². The summed E-state index contributed by atoms with van der Waals surface area (Å²) in [6.45, 7) is -6.32. The molecule has 1 fully saturated rings. The quantitative estimate of drug-likeness (QED) is 0.713. The minimum atomic E-state index is -3.41. The summed E-state index contributed by atoms with van der Waals surface area (Å²) in [7, 11) is 0. The van der Waals surface area contributed by atoms with E-state index in [9.17, 15) is 0 Å². The average Bonchev–Trinajstić information content (AvgIpc) is 2.36. The van der Waals surface area contributed by atoms with Gasteiger partial charge in [-0.3, -0.25) is 0 Å². The minimum absolute atomic E-state index is 0.162. The summed E-state index contributed by atoms with van der Waals surface area (Å²) in [6, 6.07) is 2.41. The van der Waals surface area contributed by atoms with Crippen LogP contribution in [-0.4, -0.2) is 18.0 Å². The van der Waals surface area contributed by atoms with Gasteiger partial charge in [0.2, 0.25) is 0 Å². The molecule has 0 saturated carbocycles. The smallest absolute Gasteiger partial charge is 0.108 e. The Labute approximate surface area is 101 Å². The van der Waals surface area contributed by atoms with Crippen molar-refractivity contribution in [3.63, 3.8) is 0 Å². The van der Waals surface area contributed by atoms with Crippen molar-refractivity contribution in [3.05, 3.63) is 22.9 Å². The fraction of sp³-hybridized carbons (Fsp3) is 0.500. The van der Waals surface area contributed by atoms with Gasteiger partial charge in [0, 0.05) is 38.6 Å². The molecule has 1 aromatic heterocycles. The van der Waals surface area contributed by atoms with Crippen LogP contribution in [0.25, 0.3) is 0 Å². The normalized spacial score (nSPS) is 48.2. The molecule has 0 aromatic carbocycles. The number of halogens is 1. The summed E-state index contributed by atoms with van der Waals surface area (Å²) in [6.07, 6.45) is -8.84. The van der Waals surface area contributed by atoms with Crippen molar-refractivity contribution >= 4 is 21.6 Å². The fourth-order valence-electron chi connectivity index (χ4n) is 0.887. The van der Waals surface area contributed by atoms with Gasteiger partial charge in [0.15, 0.2) is 0 Å². The van der Waals surface area contributed by atoms with Crippen LogP contribution in [0.3, 0.4) is 0 Å². The first-order chi connectivity index (χ1) is 10.1. The monoisotopic (exact) mass is 250 g/mol. The van der Waals surface area contributed by atoms with Crippen LogP contribution >= 0.6 is 15.9 Å². The highest BCUT2D eigenvalue weighted by molar-refractivity contribution is 9.10. The van der Waals surface area contributed by atoms with Gasteiger partial charge < -0.3 is 4.90 Å². The number of hydrogen-bond donors (Lipinski definition) is 0. The maximum atomic E-state index is 8.02. The van der Waals surface area contributed by atoms with Gasteiger partial charge in [-0.2, -0.15) is 0 Å². The minimum Gasteiger partial charge on any atom is -0.371 e. The summed E-state index contributed by atoms with van der Waals surface area (Å²) < 4.78 is 79.1. The molecule has 0 spiro atoms. The van der Waals surface area contributed by atoms with Gasteiger partial charge in [0.25, 0.3) is 0 Å². The van der Waals surface area contributed by atoms with Gasteiger partial charge in [-0.1, -0.05) is 0 Å². The molecule has 70 valence electrons. The van der Waals surface area contributed by atoms with Crippen molar-refractivity contribution in [2.45, 2.75) is 19.1 Å². The molecule has 0 N–H and O–H groups in total. The van der Waals surface area contributed by atoms with Gasteiger partial charge >= 0.3 is 0 Å². The van der Waals surface area contributed by atoms with Crippen molar-refractivity contribution in [2.24, 2.45) is 0 Å². The lowest BCUT2D eigenvalue weighted by atomic mass is 10.1. The van der Waals surface area contributed by atoms with Crippen molar-refractivity contribution < 1.29 is 13.7 Å². The number of aromatic nitrogens is 1. The van der Waals surface area contributed by atoms with Crippen LogP contribution in [0.2, 0.25) is 0 Å². The summed E-state index contributed by atoms with van der Waals surface area (Å²) in [5, 5.41) is 0. The van der Waals surface area contributed by atoms with Crippen molar-refractivity contribution in [1.82, 2.24) is 4.98 Å². The Balaban J connectivity index is 2.80. The van der Waals surface area contributed by atoms with E-state index in [1.54, 1.807) is 0 Å². The van der Waals surface area contributed by atoms with E-state index in [4.69, 9.17) is 13.7 Å². The molecule has 2 nitrogen and oxygen atoms in total. The zero-order valence-electron chi connectivity index (χ0n) is 16.5. The summed E-state index contributed by atoms with van der Waals surface area (Å²) in [5.74, 6) is 0. The molecule has 0 radical (unpaired) electrons. The van der Waals surface area contributed by atoms with E-state index in [1.165, 1.54) is 18.3 Å². The molecular formula is C10H13BrN2. The third kappa shape index (κ3) is 2.21. The average molecular weight is 251 g/mol. The van der Waals surface area contributed by atoms with E-state index in [0.717, 1.165) is 0 Å². The molecule has 2 heterocycles. The lowest BCUT2D eigenvalue weighted by Gasteiger charge is -2.28. The molecule has 2 rings (SSSR count). The third-order valence-electron chi connectivity index (χ3n) is 1.43. The van der Waals surface area contributed by atoms with Gasteiger partial charge in [-0.25, -0.2) is 4.98 Å². The standard InChI is InChI=1S/C10H13BrN2/c11-10-8-9(4-5-12-10)13-6-2-1-3-7-13/h4-5,8H,1-3,6-7H2/i1D2,2D2,3D2,6D2,7D2. The molecule has 0 unspecified atom stereocenters. The molecule has 0 aliphatic carbocycles. The molecular weight excluding hydrogens is 228 g/mol. The molecule has 1 aliphatic rings. The number of rotatable bonds is 1. The first-order valence-electron chi connectivity index (χ1n) is 8.54. The summed E-state index contributed by atoms with van der Waals surface area (Å²) in [4.78, 5) is 4.11. The summed E-state index contributed by atoms with van der Waals surface area (Å²) >= 11 is 3.04. The highest BCUT2D eigenvalue weighted by Crippen LogP contribution is 2.21. The van der Waals surface area contributed by atoms with Crippen molar-refractivity contribution in [3.8, 4) is 0 Å². The van der Waals surface area contributed by atoms with E-state index >= 15 is 0 Å². The maximum absolute atomic E-state index is 8.02. The highest BCUT2D eigenvalue weighted by Gasteiger charge is 2.10. The molecule has 0 bridgehead atoms. The number of piperidine rings is 1. The number of hydrogen-bond acceptors (Lipinski definition) is 2. The third-order valence-corrected chi connectivity index (χ3v) is 1.86. The topological polar surface area (TPSA) is 16.1 Å². The molecule has 1 saturated heterocycles. The first-order valence-corrected chi connectivity index (χ1v) is 4.33. The van der Waals surface area contributed by atoms with Gasteiger partial charge in [0.05, 0.1) is 0 Å². The van der Waals surface area contributed by atoms with Crippen LogP contribution in [0, 0.1) is 0 Å². The van der Waals surface area contributed by atoms with Crippen LogP contribution < -0.4 is 4.90 Å². The lowest BCUT2D eigenvalue weighted by Crippen LogP contribution is -2.29. The van der Waals surface area contributed by atoms with Crippen LogP contribution in [-0.2, 0) is 0 Å². The fourth-order valence-corrected chi connectivity index (χ4v) is 1.24. The van der Waals surface area contributed by atoms with E-state index in [-0.39, 0.29) is 10.3 Å². The predicted octanol–water partition coefficient (Wildman–Crippen LogP) is 2.83. The molecule has 13 heavy (non-hydrogen) atoms. The molecule has 0 atom stereocenters. The second-order valence-corrected chi connectivity index (χ2v) is 3.08. The predicted molar refractivity (Wildman–Crippen MR) is 58.0 cm³/mol.